The van der Waals surface area contributed by atoms with E-state index in [1.807, 2.05) is 45.0 Å². The summed E-state index contributed by atoms with van der Waals surface area (Å²) in [6.45, 7) is 10.3. The summed E-state index contributed by atoms with van der Waals surface area (Å²) >= 11 is 1.67. The molecule has 0 aliphatic carbocycles. The number of aliphatic hydroxyl groups is 1. The van der Waals surface area contributed by atoms with Gasteiger partial charge in [0.25, 0.3) is 5.91 Å². The van der Waals surface area contributed by atoms with Crippen molar-refractivity contribution in [2.24, 2.45) is 5.41 Å². The van der Waals surface area contributed by atoms with Gasteiger partial charge in [0.1, 0.15) is 0 Å². The standard InChI is InChI=1S/C16H25NO2S/c1-11(2)20-13-9-7-6-8-12(13)15(19)17-10-14(18)16(3,4)5/h6-9,11,14,18H,10H2,1-5H3,(H,17,19). The quantitative estimate of drug-likeness (QED) is 0.819. The van der Waals surface area contributed by atoms with Gasteiger partial charge in [-0.3, -0.25) is 4.79 Å². The van der Waals surface area contributed by atoms with Gasteiger partial charge in [-0.15, -0.1) is 11.8 Å². The van der Waals surface area contributed by atoms with Crippen molar-refractivity contribution in [3.63, 3.8) is 0 Å². The molecule has 1 atom stereocenters. The molecule has 1 amide bonds. The van der Waals surface area contributed by atoms with Crippen LogP contribution in [0.5, 0.6) is 0 Å². The Hall–Kier alpha value is -1.00. The molecule has 0 aliphatic heterocycles. The molecule has 0 aliphatic rings. The van der Waals surface area contributed by atoms with E-state index in [9.17, 15) is 9.90 Å². The monoisotopic (exact) mass is 295 g/mol. The Balaban J connectivity index is 2.73. The maximum atomic E-state index is 12.2. The van der Waals surface area contributed by atoms with Gasteiger partial charge in [0.05, 0.1) is 11.7 Å². The molecule has 0 aromatic heterocycles. The van der Waals surface area contributed by atoms with E-state index in [0.717, 1.165) is 4.90 Å². The molecule has 3 nitrogen and oxygen atoms in total. The molecule has 1 unspecified atom stereocenters. The minimum atomic E-state index is -0.559. The molecule has 4 heteroatoms. The topological polar surface area (TPSA) is 49.3 Å². The summed E-state index contributed by atoms with van der Waals surface area (Å²) in [7, 11) is 0. The fourth-order valence-corrected chi connectivity index (χ4v) is 2.55. The smallest absolute Gasteiger partial charge is 0.252 e. The number of benzene rings is 1. The largest absolute Gasteiger partial charge is 0.391 e. The van der Waals surface area contributed by atoms with Gasteiger partial charge in [0.15, 0.2) is 0 Å². The lowest BCUT2D eigenvalue weighted by Crippen LogP contribution is -2.39. The van der Waals surface area contributed by atoms with Crippen LogP contribution in [-0.2, 0) is 0 Å². The van der Waals surface area contributed by atoms with E-state index in [-0.39, 0.29) is 17.9 Å². The van der Waals surface area contributed by atoms with Crippen LogP contribution in [0.2, 0.25) is 0 Å². The van der Waals surface area contributed by atoms with Crippen molar-refractivity contribution in [2.45, 2.75) is 50.9 Å². The van der Waals surface area contributed by atoms with E-state index in [4.69, 9.17) is 0 Å². The third-order valence-electron chi connectivity index (χ3n) is 2.95. The summed E-state index contributed by atoms with van der Waals surface area (Å²) in [5.74, 6) is -0.128. The molecule has 2 N–H and O–H groups in total. The Kier molecular flexibility index (Phi) is 6.08. The van der Waals surface area contributed by atoms with Crippen LogP contribution in [0, 0.1) is 5.41 Å². The van der Waals surface area contributed by atoms with Gasteiger partial charge in [0.2, 0.25) is 0 Å². The Morgan fingerprint density at radius 3 is 2.45 bits per heavy atom. The Bertz CT molecular complexity index is 452. The molecule has 1 aromatic rings. The van der Waals surface area contributed by atoms with Gasteiger partial charge in [0, 0.05) is 16.7 Å². The maximum absolute atomic E-state index is 12.2. The average molecular weight is 295 g/mol. The number of hydrogen-bond donors (Lipinski definition) is 2. The van der Waals surface area contributed by atoms with Crippen molar-refractivity contribution in [3.05, 3.63) is 29.8 Å². The molecule has 1 rings (SSSR count). The van der Waals surface area contributed by atoms with E-state index in [0.29, 0.717) is 10.8 Å². The Morgan fingerprint density at radius 1 is 1.30 bits per heavy atom. The Labute approximate surface area is 126 Å². The van der Waals surface area contributed by atoms with Gasteiger partial charge < -0.3 is 10.4 Å². The average Bonchev–Trinajstić information content (AvgIpc) is 2.34. The SMILES string of the molecule is CC(C)Sc1ccccc1C(=O)NCC(O)C(C)(C)C. The molecular formula is C16H25NO2S. The van der Waals surface area contributed by atoms with Crippen LogP contribution in [0.3, 0.4) is 0 Å². The third kappa shape index (κ3) is 5.17. The van der Waals surface area contributed by atoms with Crippen LogP contribution in [-0.4, -0.2) is 28.9 Å². The minimum Gasteiger partial charge on any atom is -0.391 e. The highest BCUT2D eigenvalue weighted by atomic mass is 32.2. The highest BCUT2D eigenvalue weighted by molar-refractivity contribution is 8.00. The van der Waals surface area contributed by atoms with Crippen molar-refractivity contribution in [2.75, 3.05) is 6.54 Å². The molecular weight excluding hydrogens is 270 g/mol. The second-order valence-electron chi connectivity index (χ2n) is 6.25. The van der Waals surface area contributed by atoms with Crippen molar-refractivity contribution in [3.8, 4) is 0 Å². The fourth-order valence-electron chi connectivity index (χ4n) is 1.60. The normalized spacial score (nSPS) is 13.3. The first-order valence-corrected chi connectivity index (χ1v) is 7.81. The van der Waals surface area contributed by atoms with Crippen LogP contribution in [0.4, 0.5) is 0 Å². The zero-order valence-electron chi connectivity index (χ0n) is 12.9. The summed E-state index contributed by atoms with van der Waals surface area (Å²) in [6, 6.07) is 7.58. The number of carbonyl (C=O) groups excluding carboxylic acids is 1. The highest BCUT2D eigenvalue weighted by Gasteiger charge is 2.23. The second kappa shape index (κ2) is 7.14. The van der Waals surface area contributed by atoms with Crippen LogP contribution >= 0.6 is 11.8 Å². The second-order valence-corrected chi connectivity index (χ2v) is 7.87. The number of carbonyl (C=O) groups is 1. The van der Waals surface area contributed by atoms with Crippen molar-refractivity contribution < 1.29 is 9.90 Å². The predicted octanol–water partition coefficient (Wildman–Crippen LogP) is 3.32. The highest BCUT2D eigenvalue weighted by Crippen LogP contribution is 2.26. The number of aliphatic hydroxyl groups excluding tert-OH is 1. The van der Waals surface area contributed by atoms with Gasteiger partial charge in [-0.2, -0.15) is 0 Å². The molecule has 0 radical (unpaired) electrons. The molecule has 0 fully saturated rings. The minimum absolute atomic E-state index is 0.128. The molecule has 0 saturated heterocycles. The first-order chi connectivity index (χ1) is 9.21. The maximum Gasteiger partial charge on any atom is 0.252 e. The van der Waals surface area contributed by atoms with Crippen molar-refractivity contribution >= 4 is 17.7 Å². The van der Waals surface area contributed by atoms with Gasteiger partial charge >= 0.3 is 0 Å². The van der Waals surface area contributed by atoms with Crippen LogP contribution in [0.1, 0.15) is 45.0 Å². The molecule has 0 bridgehead atoms. The number of hydrogen-bond acceptors (Lipinski definition) is 3. The molecule has 20 heavy (non-hydrogen) atoms. The zero-order chi connectivity index (χ0) is 15.3. The van der Waals surface area contributed by atoms with E-state index >= 15 is 0 Å². The molecule has 112 valence electrons. The summed E-state index contributed by atoms with van der Waals surface area (Å²) in [6.07, 6.45) is -0.559. The summed E-state index contributed by atoms with van der Waals surface area (Å²) in [5, 5.41) is 13.2. The van der Waals surface area contributed by atoms with E-state index in [1.54, 1.807) is 11.8 Å². The van der Waals surface area contributed by atoms with Gasteiger partial charge in [-0.05, 0) is 17.5 Å². The number of rotatable bonds is 5. The van der Waals surface area contributed by atoms with E-state index in [1.165, 1.54) is 0 Å². The van der Waals surface area contributed by atoms with E-state index in [2.05, 4.69) is 19.2 Å². The predicted molar refractivity (Wildman–Crippen MR) is 85.2 cm³/mol. The van der Waals surface area contributed by atoms with Crippen molar-refractivity contribution in [1.82, 2.24) is 5.32 Å². The van der Waals surface area contributed by atoms with Crippen LogP contribution in [0.25, 0.3) is 0 Å². The molecule has 0 spiro atoms. The van der Waals surface area contributed by atoms with Crippen LogP contribution < -0.4 is 5.32 Å². The molecule has 0 heterocycles. The fraction of sp³-hybridized carbons (Fsp3) is 0.562. The summed E-state index contributed by atoms with van der Waals surface area (Å²) in [5.41, 5.74) is 0.437. The van der Waals surface area contributed by atoms with Gasteiger partial charge in [-0.25, -0.2) is 0 Å². The first kappa shape index (κ1) is 17.1. The first-order valence-electron chi connectivity index (χ1n) is 6.93. The molecule has 1 aromatic carbocycles. The third-order valence-corrected chi connectivity index (χ3v) is 4.03. The van der Waals surface area contributed by atoms with Gasteiger partial charge in [-0.1, -0.05) is 46.8 Å². The molecule has 0 saturated carbocycles. The lowest BCUT2D eigenvalue weighted by Gasteiger charge is -2.26. The number of nitrogens with one attached hydrogen (secondary N) is 1. The number of amides is 1. The van der Waals surface area contributed by atoms with E-state index < -0.39 is 6.10 Å². The van der Waals surface area contributed by atoms with Crippen LogP contribution in [0.15, 0.2) is 29.2 Å². The van der Waals surface area contributed by atoms with Crippen molar-refractivity contribution in [1.29, 1.82) is 0 Å². The Morgan fingerprint density at radius 2 is 1.90 bits per heavy atom. The zero-order valence-corrected chi connectivity index (χ0v) is 13.8. The summed E-state index contributed by atoms with van der Waals surface area (Å²) < 4.78 is 0. The lowest BCUT2D eigenvalue weighted by molar-refractivity contribution is 0.0586. The lowest BCUT2D eigenvalue weighted by atomic mass is 9.89. The summed E-state index contributed by atoms with van der Waals surface area (Å²) in [4.78, 5) is 13.2. The number of thioether (sulfide) groups is 1.